The van der Waals surface area contributed by atoms with Crippen LogP contribution in [0.15, 0.2) is 12.1 Å². The SMILES string of the molecule is COCCC(C)n1nnnc1-c1cc(N)c(C)c(F)c1. The minimum Gasteiger partial charge on any atom is -0.398 e. The van der Waals surface area contributed by atoms with E-state index in [1.165, 1.54) is 6.07 Å². The molecule has 0 amide bonds. The van der Waals surface area contributed by atoms with E-state index in [2.05, 4.69) is 15.5 Å². The number of ether oxygens (including phenoxy) is 1. The summed E-state index contributed by atoms with van der Waals surface area (Å²) in [7, 11) is 1.64. The van der Waals surface area contributed by atoms with Gasteiger partial charge in [0.15, 0.2) is 5.82 Å². The largest absolute Gasteiger partial charge is 0.398 e. The zero-order valence-corrected chi connectivity index (χ0v) is 11.8. The Hall–Kier alpha value is -2.02. The highest BCUT2D eigenvalue weighted by Crippen LogP contribution is 2.26. The van der Waals surface area contributed by atoms with Crippen LogP contribution in [-0.2, 0) is 4.74 Å². The number of halogens is 1. The van der Waals surface area contributed by atoms with Crippen LogP contribution in [-0.4, -0.2) is 33.9 Å². The smallest absolute Gasteiger partial charge is 0.182 e. The fourth-order valence-electron chi connectivity index (χ4n) is 1.92. The van der Waals surface area contributed by atoms with Gasteiger partial charge in [-0.2, -0.15) is 0 Å². The van der Waals surface area contributed by atoms with Gasteiger partial charge < -0.3 is 10.5 Å². The van der Waals surface area contributed by atoms with E-state index in [1.54, 1.807) is 24.8 Å². The first-order chi connectivity index (χ1) is 9.54. The zero-order valence-electron chi connectivity index (χ0n) is 11.8. The molecule has 0 aliphatic heterocycles. The van der Waals surface area contributed by atoms with Crippen LogP contribution in [0.25, 0.3) is 11.4 Å². The molecule has 1 unspecified atom stereocenters. The van der Waals surface area contributed by atoms with Crippen LogP contribution >= 0.6 is 0 Å². The predicted octanol–water partition coefficient (Wildman–Crippen LogP) is 1.97. The number of nitrogens with zero attached hydrogens (tertiary/aromatic N) is 4. The van der Waals surface area contributed by atoms with E-state index in [0.29, 0.717) is 29.2 Å². The molecule has 0 spiro atoms. The van der Waals surface area contributed by atoms with Crippen molar-refractivity contribution in [3.8, 4) is 11.4 Å². The summed E-state index contributed by atoms with van der Waals surface area (Å²) in [6, 6.07) is 3.13. The minimum absolute atomic E-state index is 0.0468. The molecule has 6 nitrogen and oxygen atoms in total. The summed E-state index contributed by atoms with van der Waals surface area (Å²) in [5.41, 5.74) is 7.18. The molecule has 0 fully saturated rings. The third kappa shape index (κ3) is 2.77. The Morgan fingerprint density at radius 2 is 2.20 bits per heavy atom. The Balaban J connectivity index is 2.37. The highest BCUT2D eigenvalue weighted by Gasteiger charge is 2.16. The molecule has 2 aromatic rings. The van der Waals surface area contributed by atoms with E-state index in [9.17, 15) is 4.39 Å². The maximum absolute atomic E-state index is 13.8. The van der Waals surface area contributed by atoms with Crippen molar-refractivity contribution in [3.05, 3.63) is 23.5 Å². The monoisotopic (exact) mass is 279 g/mol. The molecule has 0 bridgehead atoms. The lowest BCUT2D eigenvalue weighted by atomic mass is 10.1. The van der Waals surface area contributed by atoms with Gasteiger partial charge in [0, 0.05) is 30.5 Å². The van der Waals surface area contributed by atoms with Gasteiger partial charge in [0.2, 0.25) is 0 Å². The van der Waals surface area contributed by atoms with Crippen LogP contribution in [0.4, 0.5) is 10.1 Å². The van der Waals surface area contributed by atoms with Crippen molar-refractivity contribution in [2.75, 3.05) is 19.5 Å². The molecule has 0 radical (unpaired) electrons. The number of nitrogen functional groups attached to an aromatic ring is 1. The van der Waals surface area contributed by atoms with Gasteiger partial charge in [0.25, 0.3) is 0 Å². The zero-order chi connectivity index (χ0) is 14.7. The molecule has 1 heterocycles. The van der Waals surface area contributed by atoms with Gasteiger partial charge >= 0.3 is 0 Å². The average Bonchev–Trinajstić information content (AvgIpc) is 2.91. The van der Waals surface area contributed by atoms with E-state index in [4.69, 9.17) is 10.5 Å². The lowest BCUT2D eigenvalue weighted by Gasteiger charge is -2.13. The fraction of sp³-hybridized carbons (Fsp3) is 0.462. The van der Waals surface area contributed by atoms with Crippen molar-refractivity contribution >= 4 is 5.69 Å². The number of benzene rings is 1. The summed E-state index contributed by atoms with van der Waals surface area (Å²) in [5.74, 6) is 0.137. The first-order valence-corrected chi connectivity index (χ1v) is 6.37. The number of hydrogen-bond acceptors (Lipinski definition) is 5. The summed E-state index contributed by atoms with van der Waals surface area (Å²) >= 11 is 0. The Morgan fingerprint density at radius 3 is 2.85 bits per heavy atom. The fourth-order valence-corrected chi connectivity index (χ4v) is 1.92. The van der Waals surface area contributed by atoms with Crippen molar-refractivity contribution in [1.82, 2.24) is 20.2 Å². The van der Waals surface area contributed by atoms with Crippen molar-refractivity contribution in [2.24, 2.45) is 0 Å². The Kier molecular flexibility index (Phi) is 4.29. The van der Waals surface area contributed by atoms with Crippen molar-refractivity contribution in [3.63, 3.8) is 0 Å². The van der Waals surface area contributed by atoms with E-state index in [0.717, 1.165) is 6.42 Å². The van der Waals surface area contributed by atoms with Gasteiger partial charge in [0.1, 0.15) is 5.82 Å². The molecule has 0 aliphatic rings. The van der Waals surface area contributed by atoms with Crippen molar-refractivity contribution in [2.45, 2.75) is 26.3 Å². The van der Waals surface area contributed by atoms with Crippen LogP contribution in [0.2, 0.25) is 0 Å². The Morgan fingerprint density at radius 1 is 1.45 bits per heavy atom. The number of nitrogens with two attached hydrogens (primary N) is 1. The average molecular weight is 279 g/mol. The van der Waals surface area contributed by atoms with Gasteiger partial charge in [-0.15, -0.1) is 5.10 Å². The highest BCUT2D eigenvalue weighted by molar-refractivity contribution is 5.64. The minimum atomic E-state index is -0.362. The second kappa shape index (κ2) is 5.96. The van der Waals surface area contributed by atoms with Gasteiger partial charge in [0.05, 0.1) is 6.04 Å². The van der Waals surface area contributed by atoms with Crippen molar-refractivity contribution in [1.29, 1.82) is 0 Å². The summed E-state index contributed by atoms with van der Waals surface area (Å²) in [6.07, 6.45) is 0.762. The molecule has 1 aromatic carbocycles. The summed E-state index contributed by atoms with van der Waals surface area (Å²) in [6.45, 7) is 4.22. The van der Waals surface area contributed by atoms with Crippen LogP contribution in [0.3, 0.4) is 0 Å². The van der Waals surface area contributed by atoms with E-state index in [-0.39, 0.29) is 11.9 Å². The normalized spacial score (nSPS) is 12.6. The van der Waals surface area contributed by atoms with Gasteiger partial charge in [-0.25, -0.2) is 9.07 Å². The highest BCUT2D eigenvalue weighted by atomic mass is 19.1. The molecule has 1 atom stereocenters. The Bertz CT molecular complexity index is 575. The molecule has 20 heavy (non-hydrogen) atoms. The molecule has 2 rings (SSSR count). The lowest BCUT2D eigenvalue weighted by molar-refractivity contribution is 0.178. The van der Waals surface area contributed by atoms with E-state index in [1.807, 2.05) is 6.92 Å². The molecule has 7 heteroatoms. The molecule has 1 aromatic heterocycles. The maximum atomic E-state index is 13.8. The standard InChI is InChI=1S/C13H18FN5O/c1-8(4-5-20-3)19-13(16-17-18-19)10-6-11(14)9(2)12(15)7-10/h6-8H,4-5,15H2,1-3H3. The maximum Gasteiger partial charge on any atom is 0.182 e. The molecule has 0 saturated carbocycles. The van der Waals surface area contributed by atoms with Gasteiger partial charge in [-0.05, 0) is 42.8 Å². The third-order valence-electron chi connectivity index (χ3n) is 3.29. The van der Waals surface area contributed by atoms with E-state index >= 15 is 0 Å². The second-order valence-corrected chi connectivity index (χ2v) is 4.75. The van der Waals surface area contributed by atoms with Crippen LogP contribution in [0.5, 0.6) is 0 Å². The first kappa shape index (κ1) is 14.4. The molecule has 108 valence electrons. The third-order valence-corrected chi connectivity index (χ3v) is 3.29. The molecule has 0 saturated heterocycles. The molecular weight excluding hydrogens is 261 g/mol. The topological polar surface area (TPSA) is 78.8 Å². The quantitative estimate of drug-likeness (QED) is 0.846. The number of methoxy groups -OCH3 is 1. The van der Waals surface area contributed by atoms with Crippen LogP contribution < -0.4 is 5.73 Å². The first-order valence-electron chi connectivity index (χ1n) is 6.37. The second-order valence-electron chi connectivity index (χ2n) is 4.75. The molecular formula is C13H18FN5O. The number of tetrazole rings is 1. The van der Waals surface area contributed by atoms with Crippen molar-refractivity contribution < 1.29 is 9.13 Å². The van der Waals surface area contributed by atoms with Crippen LogP contribution in [0, 0.1) is 12.7 Å². The summed E-state index contributed by atoms with van der Waals surface area (Å²) in [4.78, 5) is 0. The number of anilines is 1. The van der Waals surface area contributed by atoms with E-state index < -0.39 is 0 Å². The van der Waals surface area contributed by atoms with Gasteiger partial charge in [-0.1, -0.05) is 0 Å². The number of hydrogen-bond donors (Lipinski definition) is 1. The predicted molar refractivity (Wildman–Crippen MR) is 73.6 cm³/mol. The number of rotatable bonds is 5. The van der Waals surface area contributed by atoms with Crippen LogP contribution in [0.1, 0.15) is 24.9 Å². The summed E-state index contributed by atoms with van der Waals surface area (Å²) < 4.78 is 20.5. The lowest BCUT2D eigenvalue weighted by Crippen LogP contribution is -2.11. The number of aromatic nitrogens is 4. The Labute approximate surface area is 116 Å². The summed E-state index contributed by atoms with van der Waals surface area (Å²) in [5, 5.41) is 11.6. The molecule has 0 aliphatic carbocycles. The molecule has 2 N–H and O–H groups in total. The van der Waals surface area contributed by atoms with Gasteiger partial charge in [-0.3, -0.25) is 0 Å².